The molecular weight excluding hydrogens is 350 g/mol. The lowest BCUT2D eigenvalue weighted by Gasteiger charge is -2.20. The highest BCUT2D eigenvalue weighted by Crippen LogP contribution is 2.43. The Bertz CT molecular complexity index is 924. The van der Waals surface area contributed by atoms with Gasteiger partial charge in [0.25, 0.3) is 0 Å². The molecule has 1 N–H and O–H groups in total. The molecule has 3 rings (SSSR count). The molecule has 0 bridgehead atoms. The van der Waals surface area contributed by atoms with Crippen molar-refractivity contribution in [2.45, 2.75) is 5.25 Å². The van der Waals surface area contributed by atoms with Crippen LogP contribution in [0.3, 0.4) is 0 Å². The molecule has 1 heterocycles. The SMILES string of the molecule is COc1cc2[nH]c(C(S)c3ccccc3N(C)C)nc2c(OC)c1OC. The third-order valence-electron chi connectivity index (χ3n) is 4.27. The molecule has 7 heteroatoms. The number of H-pyrrole nitrogens is 1. The predicted molar refractivity (Wildman–Crippen MR) is 107 cm³/mol. The van der Waals surface area contributed by atoms with Crippen LogP contribution < -0.4 is 19.1 Å². The van der Waals surface area contributed by atoms with Gasteiger partial charge in [0.05, 0.1) is 32.1 Å². The number of benzene rings is 2. The van der Waals surface area contributed by atoms with Crippen molar-refractivity contribution in [3.05, 3.63) is 41.7 Å². The van der Waals surface area contributed by atoms with Crippen LogP contribution in [0.5, 0.6) is 17.2 Å². The van der Waals surface area contributed by atoms with Crippen molar-refractivity contribution >= 4 is 29.3 Å². The maximum absolute atomic E-state index is 5.53. The molecule has 3 aromatic rings. The summed E-state index contributed by atoms with van der Waals surface area (Å²) in [6, 6.07) is 9.98. The highest BCUT2D eigenvalue weighted by molar-refractivity contribution is 7.80. The average molecular weight is 373 g/mol. The summed E-state index contributed by atoms with van der Waals surface area (Å²) in [7, 11) is 8.78. The van der Waals surface area contributed by atoms with Gasteiger partial charge in [-0.25, -0.2) is 4.98 Å². The smallest absolute Gasteiger partial charge is 0.205 e. The summed E-state index contributed by atoms with van der Waals surface area (Å²) >= 11 is 4.82. The Morgan fingerprint density at radius 3 is 2.35 bits per heavy atom. The van der Waals surface area contributed by atoms with Crippen molar-refractivity contribution in [2.75, 3.05) is 40.3 Å². The normalized spacial score (nSPS) is 12.1. The summed E-state index contributed by atoms with van der Waals surface area (Å²) in [6.07, 6.45) is 0. The van der Waals surface area contributed by atoms with Gasteiger partial charge in [0.15, 0.2) is 11.5 Å². The van der Waals surface area contributed by atoms with E-state index in [2.05, 4.69) is 22.0 Å². The molecule has 6 nitrogen and oxygen atoms in total. The Labute approximate surface area is 158 Å². The molecule has 1 aromatic heterocycles. The predicted octanol–water partition coefficient (Wildman–Crippen LogP) is 3.67. The third kappa shape index (κ3) is 3.03. The fourth-order valence-corrected chi connectivity index (χ4v) is 3.38. The van der Waals surface area contributed by atoms with Gasteiger partial charge in [-0.3, -0.25) is 0 Å². The number of thiol groups is 1. The molecule has 0 aliphatic carbocycles. The monoisotopic (exact) mass is 373 g/mol. The Hall–Kier alpha value is -2.54. The summed E-state index contributed by atoms with van der Waals surface area (Å²) in [5.74, 6) is 2.36. The molecule has 0 aliphatic heterocycles. The first kappa shape index (κ1) is 18.3. The molecular formula is C19H23N3O3S. The van der Waals surface area contributed by atoms with Gasteiger partial charge in [-0.2, -0.15) is 12.6 Å². The van der Waals surface area contributed by atoms with E-state index < -0.39 is 0 Å². The van der Waals surface area contributed by atoms with Crippen molar-refractivity contribution in [1.82, 2.24) is 9.97 Å². The third-order valence-corrected chi connectivity index (χ3v) is 4.79. The maximum atomic E-state index is 5.53. The van der Waals surface area contributed by atoms with Gasteiger partial charge in [-0.15, -0.1) is 0 Å². The Morgan fingerprint density at radius 1 is 1.04 bits per heavy atom. The second kappa shape index (κ2) is 7.37. The summed E-state index contributed by atoms with van der Waals surface area (Å²) in [4.78, 5) is 10.1. The fourth-order valence-electron chi connectivity index (χ4n) is 3.04. The van der Waals surface area contributed by atoms with E-state index in [1.54, 1.807) is 21.3 Å². The number of anilines is 1. The van der Waals surface area contributed by atoms with Crippen LogP contribution >= 0.6 is 12.6 Å². The number of aromatic nitrogens is 2. The number of hydrogen-bond acceptors (Lipinski definition) is 6. The Morgan fingerprint density at radius 2 is 1.73 bits per heavy atom. The minimum Gasteiger partial charge on any atom is -0.493 e. The van der Waals surface area contributed by atoms with E-state index in [0.29, 0.717) is 22.8 Å². The van der Waals surface area contributed by atoms with Crippen LogP contribution in [-0.4, -0.2) is 45.4 Å². The highest BCUT2D eigenvalue weighted by atomic mass is 32.1. The molecule has 0 saturated carbocycles. The van der Waals surface area contributed by atoms with Crippen molar-refractivity contribution in [1.29, 1.82) is 0 Å². The molecule has 0 amide bonds. The zero-order chi connectivity index (χ0) is 18.8. The zero-order valence-electron chi connectivity index (χ0n) is 15.5. The van der Waals surface area contributed by atoms with E-state index in [1.165, 1.54) is 0 Å². The standard InChI is InChI=1S/C19H23N3O3S/c1-22(2)13-9-7-6-8-11(13)18(26)19-20-12-10-14(23-3)16(24-4)17(25-5)15(12)21-19/h6-10,18,26H,1-5H3,(H,20,21). The van der Waals surface area contributed by atoms with E-state index in [9.17, 15) is 0 Å². The number of aromatic amines is 1. The second-order valence-electron chi connectivity index (χ2n) is 6.02. The summed E-state index contributed by atoms with van der Waals surface area (Å²) in [6.45, 7) is 0. The van der Waals surface area contributed by atoms with Crippen molar-refractivity contribution in [2.24, 2.45) is 0 Å². The van der Waals surface area contributed by atoms with Crippen LogP contribution in [0.1, 0.15) is 16.6 Å². The number of hydrogen-bond donors (Lipinski definition) is 2. The van der Waals surface area contributed by atoms with Gasteiger partial charge >= 0.3 is 0 Å². The van der Waals surface area contributed by atoms with Crippen molar-refractivity contribution < 1.29 is 14.2 Å². The van der Waals surface area contributed by atoms with Crippen molar-refractivity contribution in [3.8, 4) is 17.2 Å². The number of nitrogens with one attached hydrogen (secondary N) is 1. The van der Waals surface area contributed by atoms with Crippen LogP contribution in [-0.2, 0) is 0 Å². The lowest BCUT2D eigenvalue weighted by molar-refractivity contribution is 0.327. The quantitative estimate of drug-likeness (QED) is 0.646. The number of methoxy groups -OCH3 is 3. The molecule has 0 radical (unpaired) electrons. The number of ether oxygens (including phenoxy) is 3. The fraction of sp³-hybridized carbons (Fsp3) is 0.316. The van der Waals surface area contributed by atoms with Gasteiger partial charge in [0.1, 0.15) is 11.3 Å². The van der Waals surface area contributed by atoms with Gasteiger partial charge in [0, 0.05) is 25.8 Å². The molecule has 1 unspecified atom stereocenters. The van der Waals surface area contributed by atoms with E-state index in [4.69, 9.17) is 31.8 Å². The number of fused-ring (bicyclic) bond motifs is 1. The maximum Gasteiger partial charge on any atom is 0.205 e. The zero-order valence-corrected chi connectivity index (χ0v) is 16.4. The van der Waals surface area contributed by atoms with E-state index in [0.717, 1.165) is 22.6 Å². The lowest BCUT2D eigenvalue weighted by atomic mass is 10.1. The Balaban J connectivity index is 2.15. The van der Waals surface area contributed by atoms with Gasteiger partial charge in [0.2, 0.25) is 5.75 Å². The largest absolute Gasteiger partial charge is 0.493 e. The molecule has 0 aliphatic rings. The molecule has 2 aromatic carbocycles. The number of nitrogens with zero attached hydrogens (tertiary/aromatic N) is 2. The van der Waals surface area contributed by atoms with Gasteiger partial charge < -0.3 is 24.1 Å². The molecule has 0 fully saturated rings. The van der Waals surface area contributed by atoms with E-state index in [1.807, 2.05) is 32.3 Å². The minimum atomic E-state index is -0.220. The minimum absolute atomic E-state index is 0.220. The van der Waals surface area contributed by atoms with Crippen LogP contribution in [0.2, 0.25) is 0 Å². The second-order valence-corrected chi connectivity index (χ2v) is 6.54. The van der Waals surface area contributed by atoms with Gasteiger partial charge in [-0.05, 0) is 11.6 Å². The van der Waals surface area contributed by atoms with E-state index in [-0.39, 0.29) is 5.25 Å². The lowest BCUT2D eigenvalue weighted by Crippen LogP contribution is -2.12. The average Bonchev–Trinajstić information content (AvgIpc) is 3.09. The molecule has 138 valence electrons. The van der Waals surface area contributed by atoms with Crippen LogP contribution in [0.15, 0.2) is 30.3 Å². The van der Waals surface area contributed by atoms with Crippen LogP contribution in [0.25, 0.3) is 11.0 Å². The van der Waals surface area contributed by atoms with Crippen LogP contribution in [0.4, 0.5) is 5.69 Å². The van der Waals surface area contributed by atoms with Crippen molar-refractivity contribution in [3.63, 3.8) is 0 Å². The Kier molecular flexibility index (Phi) is 5.18. The first-order chi connectivity index (χ1) is 12.5. The van der Waals surface area contributed by atoms with E-state index >= 15 is 0 Å². The molecule has 0 saturated heterocycles. The molecule has 0 spiro atoms. The molecule has 1 atom stereocenters. The topological polar surface area (TPSA) is 59.6 Å². The summed E-state index contributed by atoms with van der Waals surface area (Å²) in [5.41, 5.74) is 3.64. The summed E-state index contributed by atoms with van der Waals surface area (Å²) in [5, 5.41) is -0.220. The number of rotatable bonds is 6. The summed E-state index contributed by atoms with van der Waals surface area (Å²) < 4.78 is 16.4. The first-order valence-electron chi connectivity index (χ1n) is 8.14. The molecule has 26 heavy (non-hydrogen) atoms. The van der Waals surface area contributed by atoms with Gasteiger partial charge in [-0.1, -0.05) is 18.2 Å². The number of imidazole rings is 1. The van der Waals surface area contributed by atoms with Crippen LogP contribution in [0, 0.1) is 0 Å². The number of para-hydroxylation sites is 1. The first-order valence-corrected chi connectivity index (χ1v) is 8.66. The highest BCUT2D eigenvalue weighted by Gasteiger charge is 2.23.